The van der Waals surface area contributed by atoms with E-state index in [4.69, 9.17) is 0 Å². The Kier molecular flexibility index (Phi) is 4.98. The highest BCUT2D eigenvalue weighted by Gasteiger charge is 2.34. The fourth-order valence-electron chi connectivity index (χ4n) is 5.00. The number of carbonyl (C=O) groups is 1. The normalized spacial score (nSPS) is 28.4. The molecule has 1 aromatic rings. The summed E-state index contributed by atoms with van der Waals surface area (Å²) in [7, 11) is 1.97. The Morgan fingerprint density at radius 3 is 2.56 bits per heavy atom. The Bertz CT molecular complexity index is 599. The molecule has 3 saturated heterocycles. The van der Waals surface area contributed by atoms with Crippen molar-refractivity contribution in [1.29, 1.82) is 0 Å². The molecular formula is C21H31N3O. The van der Waals surface area contributed by atoms with Crippen LogP contribution in [0.15, 0.2) is 24.3 Å². The van der Waals surface area contributed by atoms with Gasteiger partial charge in [-0.15, -0.1) is 0 Å². The molecule has 0 aliphatic carbocycles. The smallest absolute Gasteiger partial charge is 0.222 e. The van der Waals surface area contributed by atoms with Crippen molar-refractivity contribution in [2.45, 2.75) is 63.6 Å². The molecule has 4 heteroatoms. The summed E-state index contributed by atoms with van der Waals surface area (Å²) in [5.41, 5.74) is 2.60. The maximum atomic E-state index is 12.8. The van der Waals surface area contributed by atoms with E-state index in [-0.39, 0.29) is 0 Å². The minimum atomic E-state index is 0.308. The van der Waals surface area contributed by atoms with Crippen LogP contribution >= 0.6 is 0 Å². The molecule has 4 nitrogen and oxygen atoms in total. The second-order valence-corrected chi connectivity index (χ2v) is 8.25. The van der Waals surface area contributed by atoms with Crippen molar-refractivity contribution in [2.24, 2.45) is 5.92 Å². The maximum absolute atomic E-state index is 12.8. The van der Waals surface area contributed by atoms with Crippen molar-refractivity contribution in [3.05, 3.63) is 29.8 Å². The lowest BCUT2D eigenvalue weighted by atomic mass is 9.89. The summed E-state index contributed by atoms with van der Waals surface area (Å²) in [5, 5.41) is 3.67. The van der Waals surface area contributed by atoms with Crippen LogP contribution in [0.1, 0.15) is 50.5 Å². The summed E-state index contributed by atoms with van der Waals surface area (Å²) in [5.74, 6) is 0.880. The standard InChI is InChI=1S/C21H31N3O/c1-23(21(25)14-16-12-18-8-9-19(13-16)22-18)15-17-6-2-3-7-20(17)24-10-4-5-11-24/h2-3,6-7,16,18-19,22H,4-5,8-15H2,1H3. The number of benzene rings is 1. The number of hydrogen-bond acceptors (Lipinski definition) is 3. The van der Waals surface area contributed by atoms with E-state index in [0.717, 1.165) is 26.1 Å². The van der Waals surface area contributed by atoms with Crippen LogP contribution in [0, 0.1) is 5.92 Å². The molecular weight excluding hydrogens is 310 g/mol. The molecule has 0 saturated carbocycles. The van der Waals surface area contributed by atoms with Crippen molar-refractivity contribution in [3.8, 4) is 0 Å². The van der Waals surface area contributed by atoms with Crippen LogP contribution in [0.5, 0.6) is 0 Å². The lowest BCUT2D eigenvalue weighted by molar-refractivity contribution is -0.131. The average molecular weight is 341 g/mol. The Hall–Kier alpha value is -1.55. The summed E-state index contributed by atoms with van der Waals surface area (Å²) in [6.07, 6.45) is 8.24. The first-order chi connectivity index (χ1) is 12.2. The molecule has 25 heavy (non-hydrogen) atoms. The van der Waals surface area contributed by atoms with Gasteiger partial charge >= 0.3 is 0 Å². The van der Waals surface area contributed by atoms with E-state index in [2.05, 4.69) is 34.5 Å². The fraction of sp³-hybridized carbons (Fsp3) is 0.667. The van der Waals surface area contributed by atoms with Crippen LogP contribution in [0.25, 0.3) is 0 Å². The first-order valence-corrected chi connectivity index (χ1v) is 10.0. The molecule has 2 bridgehead atoms. The number of fused-ring (bicyclic) bond motifs is 2. The predicted molar refractivity (Wildman–Crippen MR) is 102 cm³/mol. The molecule has 3 aliphatic rings. The minimum Gasteiger partial charge on any atom is -0.371 e. The van der Waals surface area contributed by atoms with Gasteiger partial charge in [0.2, 0.25) is 5.91 Å². The van der Waals surface area contributed by atoms with Crippen LogP contribution in [-0.2, 0) is 11.3 Å². The van der Waals surface area contributed by atoms with Gasteiger partial charge in [0.1, 0.15) is 0 Å². The second kappa shape index (κ2) is 7.36. The monoisotopic (exact) mass is 341 g/mol. The Balaban J connectivity index is 1.36. The first-order valence-electron chi connectivity index (χ1n) is 10.0. The molecule has 3 fully saturated rings. The zero-order valence-electron chi connectivity index (χ0n) is 15.4. The van der Waals surface area contributed by atoms with Crippen LogP contribution < -0.4 is 10.2 Å². The summed E-state index contributed by atoms with van der Waals surface area (Å²) >= 11 is 0. The fourth-order valence-corrected chi connectivity index (χ4v) is 5.00. The van der Waals surface area contributed by atoms with Crippen LogP contribution in [0.3, 0.4) is 0 Å². The van der Waals surface area contributed by atoms with E-state index in [9.17, 15) is 4.79 Å². The van der Waals surface area contributed by atoms with Gasteiger partial charge in [0, 0.05) is 50.9 Å². The Labute approximate surface area is 151 Å². The van der Waals surface area contributed by atoms with Crippen LogP contribution in [0.4, 0.5) is 5.69 Å². The third kappa shape index (κ3) is 3.84. The van der Waals surface area contributed by atoms with Gasteiger partial charge in [-0.25, -0.2) is 0 Å². The van der Waals surface area contributed by atoms with Crippen molar-refractivity contribution < 1.29 is 4.79 Å². The summed E-state index contributed by atoms with van der Waals surface area (Å²) in [6, 6.07) is 9.93. The second-order valence-electron chi connectivity index (χ2n) is 8.25. The molecule has 3 aliphatic heterocycles. The number of piperidine rings is 1. The van der Waals surface area contributed by atoms with Crippen molar-refractivity contribution >= 4 is 11.6 Å². The topological polar surface area (TPSA) is 35.6 Å². The number of amides is 1. The number of nitrogens with zero attached hydrogens (tertiary/aromatic N) is 2. The number of para-hydroxylation sites is 1. The van der Waals surface area contributed by atoms with Gasteiger partial charge in [0.15, 0.2) is 0 Å². The van der Waals surface area contributed by atoms with E-state index in [1.807, 2.05) is 11.9 Å². The molecule has 0 aromatic heterocycles. The van der Waals surface area contributed by atoms with Crippen LogP contribution in [-0.4, -0.2) is 43.0 Å². The van der Waals surface area contributed by atoms with Crippen molar-refractivity contribution in [1.82, 2.24) is 10.2 Å². The molecule has 0 radical (unpaired) electrons. The SMILES string of the molecule is CN(Cc1ccccc1N1CCCC1)C(=O)CC1CC2CCC(C1)N2. The van der Waals surface area contributed by atoms with Gasteiger partial charge in [-0.05, 0) is 56.1 Å². The molecule has 1 N–H and O–H groups in total. The van der Waals surface area contributed by atoms with Gasteiger partial charge in [-0.3, -0.25) is 4.79 Å². The van der Waals surface area contributed by atoms with Gasteiger partial charge < -0.3 is 15.1 Å². The summed E-state index contributed by atoms with van der Waals surface area (Å²) < 4.78 is 0. The number of anilines is 1. The molecule has 1 amide bonds. The van der Waals surface area contributed by atoms with Crippen LogP contribution in [0.2, 0.25) is 0 Å². The van der Waals surface area contributed by atoms with Crippen molar-refractivity contribution in [3.63, 3.8) is 0 Å². The van der Waals surface area contributed by atoms with E-state index in [1.165, 1.54) is 49.8 Å². The highest BCUT2D eigenvalue weighted by atomic mass is 16.2. The van der Waals surface area contributed by atoms with Crippen molar-refractivity contribution in [2.75, 3.05) is 25.0 Å². The molecule has 136 valence electrons. The summed E-state index contributed by atoms with van der Waals surface area (Å²) in [4.78, 5) is 17.2. The van der Waals surface area contributed by atoms with E-state index in [0.29, 0.717) is 23.9 Å². The number of carbonyl (C=O) groups excluding carboxylic acids is 1. The number of nitrogens with one attached hydrogen (secondary N) is 1. The largest absolute Gasteiger partial charge is 0.371 e. The van der Waals surface area contributed by atoms with E-state index >= 15 is 0 Å². The molecule has 2 unspecified atom stereocenters. The van der Waals surface area contributed by atoms with Gasteiger partial charge in [0.05, 0.1) is 0 Å². The highest BCUT2D eigenvalue weighted by molar-refractivity contribution is 5.76. The van der Waals surface area contributed by atoms with Gasteiger partial charge in [0.25, 0.3) is 0 Å². The number of hydrogen-bond donors (Lipinski definition) is 1. The molecule has 1 aromatic carbocycles. The van der Waals surface area contributed by atoms with E-state index < -0.39 is 0 Å². The Morgan fingerprint density at radius 2 is 1.84 bits per heavy atom. The lowest BCUT2D eigenvalue weighted by Gasteiger charge is -2.30. The zero-order chi connectivity index (χ0) is 17.2. The molecule has 4 rings (SSSR count). The third-order valence-corrected chi connectivity index (χ3v) is 6.31. The zero-order valence-corrected chi connectivity index (χ0v) is 15.4. The molecule has 2 atom stereocenters. The number of rotatable bonds is 5. The first kappa shape index (κ1) is 16.9. The molecule has 0 spiro atoms. The quantitative estimate of drug-likeness (QED) is 0.893. The predicted octanol–water partition coefficient (Wildman–Crippen LogP) is 3.17. The maximum Gasteiger partial charge on any atom is 0.222 e. The summed E-state index contributed by atoms with van der Waals surface area (Å²) in [6.45, 7) is 3.02. The minimum absolute atomic E-state index is 0.308. The van der Waals surface area contributed by atoms with E-state index in [1.54, 1.807) is 0 Å². The lowest BCUT2D eigenvalue weighted by Crippen LogP contribution is -2.40. The Morgan fingerprint density at radius 1 is 1.16 bits per heavy atom. The third-order valence-electron chi connectivity index (χ3n) is 6.31. The van der Waals surface area contributed by atoms with Gasteiger partial charge in [-0.1, -0.05) is 18.2 Å². The molecule has 3 heterocycles. The van der Waals surface area contributed by atoms with Gasteiger partial charge in [-0.2, -0.15) is 0 Å². The average Bonchev–Trinajstić information content (AvgIpc) is 3.25. The highest BCUT2D eigenvalue weighted by Crippen LogP contribution is 2.33.